The molecule has 1 rings (SSSR count). The van der Waals surface area contributed by atoms with Crippen molar-refractivity contribution < 1.29 is 4.79 Å². The van der Waals surface area contributed by atoms with Crippen LogP contribution in [0.1, 0.15) is 32.6 Å². The lowest BCUT2D eigenvalue weighted by Crippen LogP contribution is -2.40. The molecule has 0 saturated heterocycles. The summed E-state index contributed by atoms with van der Waals surface area (Å²) in [4.78, 5) is 11.2. The van der Waals surface area contributed by atoms with Crippen LogP contribution in [0.25, 0.3) is 0 Å². The Morgan fingerprint density at radius 3 is 2.50 bits per heavy atom. The molecule has 92 valence electrons. The fourth-order valence-electron chi connectivity index (χ4n) is 2.08. The van der Waals surface area contributed by atoms with E-state index in [4.69, 9.17) is 29.8 Å². The smallest absolute Gasteiger partial charge is 0.198 e. The first kappa shape index (κ1) is 13.7. The molecule has 0 bridgehead atoms. The second-order valence-electron chi connectivity index (χ2n) is 4.33. The van der Waals surface area contributed by atoms with Crippen molar-refractivity contribution in [3.05, 3.63) is 0 Å². The number of halogens is 1. The first-order valence-corrected chi connectivity index (χ1v) is 6.24. The van der Waals surface area contributed by atoms with E-state index in [1.807, 2.05) is 0 Å². The summed E-state index contributed by atoms with van der Waals surface area (Å²) in [7, 11) is 0. The number of ketones is 1. The van der Waals surface area contributed by atoms with Gasteiger partial charge < -0.3 is 5.32 Å². The summed E-state index contributed by atoms with van der Waals surface area (Å²) in [5, 5.41) is 3.35. The van der Waals surface area contributed by atoms with Crippen LogP contribution in [0.2, 0.25) is 0 Å². The highest BCUT2D eigenvalue weighted by Gasteiger charge is 2.23. The van der Waals surface area contributed by atoms with Crippen LogP contribution in [0.5, 0.6) is 0 Å². The second kappa shape index (κ2) is 6.37. The number of hydrogen-bond acceptors (Lipinski definition) is 3. The van der Waals surface area contributed by atoms with Gasteiger partial charge in [-0.15, -0.1) is 0 Å². The zero-order valence-electron chi connectivity index (χ0n) is 9.41. The molecule has 0 unspecified atom stereocenters. The van der Waals surface area contributed by atoms with E-state index in [1.54, 1.807) is 6.92 Å². The van der Waals surface area contributed by atoms with E-state index in [2.05, 4.69) is 5.32 Å². The minimum atomic E-state index is 0.266. The lowest BCUT2D eigenvalue weighted by molar-refractivity contribution is -0.121. The third-order valence-corrected chi connectivity index (χ3v) is 3.77. The highest BCUT2D eigenvalue weighted by molar-refractivity contribution is 7.80. The predicted molar refractivity (Wildman–Crippen MR) is 68.6 cm³/mol. The molecule has 0 radical (unpaired) electrons. The normalized spacial score (nSPS) is 24.9. The van der Waals surface area contributed by atoms with Gasteiger partial charge in [-0.1, -0.05) is 0 Å². The topological polar surface area (TPSA) is 58.4 Å². The van der Waals surface area contributed by atoms with Gasteiger partial charge >= 0.3 is 0 Å². The maximum absolute atomic E-state index is 11.2. The van der Waals surface area contributed by atoms with Crippen LogP contribution in [0, 0.1) is 11.8 Å². The molecule has 1 aliphatic carbocycles. The third kappa shape index (κ3) is 4.23. The predicted octanol–water partition coefficient (Wildman–Crippen LogP) is 1.59. The maximum Gasteiger partial charge on any atom is 0.198 e. The van der Waals surface area contributed by atoms with E-state index >= 15 is 0 Å². The van der Waals surface area contributed by atoms with Crippen molar-refractivity contribution in [2.45, 2.75) is 32.6 Å². The van der Waals surface area contributed by atoms with Crippen molar-refractivity contribution in [2.24, 2.45) is 17.7 Å². The summed E-state index contributed by atoms with van der Waals surface area (Å²) in [6.45, 7) is 2.46. The maximum atomic E-state index is 11.2. The number of nitrogens with two attached hydrogens (primary N) is 1. The molecule has 0 atom stereocenters. The molecular weight excluding hydrogens is 246 g/mol. The fraction of sp³-hybridized carbons (Fsp3) is 0.800. The molecule has 0 spiro atoms. The van der Waals surface area contributed by atoms with Crippen LogP contribution in [0.4, 0.5) is 0 Å². The van der Waals surface area contributed by atoms with E-state index in [0.29, 0.717) is 16.8 Å². The Labute approximate surface area is 107 Å². The highest BCUT2D eigenvalue weighted by atomic mass is 35.5. The highest BCUT2D eigenvalue weighted by Crippen LogP contribution is 2.28. The lowest BCUT2D eigenvalue weighted by atomic mass is 9.80. The molecular formula is C10H18ClN3OS. The van der Waals surface area contributed by atoms with Gasteiger partial charge in [0.1, 0.15) is 5.78 Å². The zero-order chi connectivity index (χ0) is 12.1. The van der Waals surface area contributed by atoms with Gasteiger partial charge in [0.15, 0.2) is 5.11 Å². The van der Waals surface area contributed by atoms with Crippen molar-refractivity contribution >= 4 is 34.9 Å². The molecule has 16 heavy (non-hydrogen) atoms. The Balaban J connectivity index is 2.22. The van der Waals surface area contributed by atoms with E-state index in [0.717, 1.165) is 36.8 Å². The molecule has 3 N–H and O–H groups in total. The van der Waals surface area contributed by atoms with Crippen LogP contribution in [-0.4, -0.2) is 22.0 Å². The molecule has 1 aliphatic rings. The van der Waals surface area contributed by atoms with Gasteiger partial charge in [0, 0.05) is 24.2 Å². The number of hydrogen-bond donors (Lipinski definition) is 2. The van der Waals surface area contributed by atoms with Gasteiger partial charge in [-0.2, -0.15) is 4.53 Å². The van der Waals surface area contributed by atoms with Crippen LogP contribution < -0.4 is 11.2 Å². The summed E-state index contributed by atoms with van der Waals surface area (Å²) in [6.07, 6.45) is 4.10. The van der Waals surface area contributed by atoms with Crippen LogP contribution in [-0.2, 0) is 4.79 Å². The van der Waals surface area contributed by atoms with Crippen LogP contribution in [0.3, 0.4) is 0 Å². The van der Waals surface area contributed by atoms with Gasteiger partial charge in [-0.3, -0.25) is 4.79 Å². The first-order chi connectivity index (χ1) is 7.50. The van der Waals surface area contributed by atoms with Gasteiger partial charge in [0.05, 0.1) is 0 Å². The second-order valence-corrected chi connectivity index (χ2v) is 5.08. The molecule has 0 heterocycles. The minimum absolute atomic E-state index is 0.266. The SMILES string of the molecule is CC(=O)C1CCC(CNC(=S)N(N)Cl)CC1. The Bertz CT molecular complexity index is 265. The average molecular weight is 264 g/mol. The molecule has 1 fully saturated rings. The number of nitrogens with zero attached hydrogens (tertiary/aromatic N) is 1. The van der Waals surface area contributed by atoms with Gasteiger partial charge in [0.25, 0.3) is 0 Å². The summed E-state index contributed by atoms with van der Waals surface area (Å²) >= 11 is 10.4. The summed E-state index contributed by atoms with van der Waals surface area (Å²) in [6, 6.07) is 0. The standard InChI is InChI=1S/C10H18ClN3OS/c1-7(15)9-4-2-8(3-5-9)6-13-10(16)14(11)12/h8-9H,2-6,12H2,1H3,(H,13,16). The van der Waals surface area contributed by atoms with E-state index in [9.17, 15) is 4.79 Å². The van der Waals surface area contributed by atoms with Gasteiger partial charge in [-0.25, -0.2) is 5.84 Å². The van der Waals surface area contributed by atoms with Crippen molar-refractivity contribution in [1.82, 2.24) is 9.84 Å². The molecule has 0 aromatic rings. The fourth-order valence-corrected chi connectivity index (χ4v) is 2.22. The Kier molecular flexibility index (Phi) is 5.44. The van der Waals surface area contributed by atoms with Crippen molar-refractivity contribution in [1.29, 1.82) is 0 Å². The average Bonchev–Trinajstić information content (AvgIpc) is 2.26. The lowest BCUT2D eigenvalue weighted by Gasteiger charge is -2.27. The number of carbonyl (C=O) groups excluding carboxylic acids is 1. The molecule has 0 aromatic carbocycles. The zero-order valence-corrected chi connectivity index (χ0v) is 11.0. The van der Waals surface area contributed by atoms with E-state index in [1.165, 1.54) is 0 Å². The van der Waals surface area contributed by atoms with Gasteiger partial charge in [0.2, 0.25) is 0 Å². The summed E-state index contributed by atoms with van der Waals surface area (Å²) < 4.78 is 0.885. The number of carbonyl (C=O) groups is 1. The quantitative estimate of drug-likeness (QED) is 0.351. The molecule has 0 aliphatic heterocycles. The van der Waals surface area contributed by atoms with Crippen LogP contribution in [0.15, 0.2) is 0 Å². The number of Topliss-reactive ketones (excluding diaryl/α,β-unsaturated/α-hetero) is 1. The number of thiocarbonyl (C=S) groups is 1. The number of nitrogens with one attached hydrogen (secondary N) is 1. The summed E-state index contributed by atoms with van der Waals surface area (Å²) in [5.74, 6) is 6.41. The van der Waals surface area contributed by atoms with Crippen molar-refractivity contribution in [3.63, 3.8) is 0 Å². The van der Waals surface area contributed by atoms with E-state index < -0.39 is 0 Å². The Morgan fingerprint density at radius 1 is 1.50 bits per heavy atom. The van der Waals surface area contributed by atoms with Crippen molar-refractivity contribution in [2.75, 3.05) is 6.54 Å². The number of hydrazine groups is 1. The van der Waals surface area contributed by atoms with E-state index in [-0.39, 0.29) is 5.92 Å². The summed E-state index contributed by atoms with van der Waals surface area (Å²) in [5.41, 5.74) is 0. The molecule has 0 aromatic heterocycles. The minimum Gasteiger partial charge on any atom is -0.360 e. The largest absolute Gasteiger partial charge is 0.360 e. The Hall–Kier alpha value is -0.390. The van der Waals surface area contributed by atoms with Gasteiger partial charge in [-0.05, 0) is 50.7 Å². The Morgan fingerprint density at radius 2 is 2.06 bits per heavy atom. The number of rotatable bonds is 3. The monoisotopic (exact) mass is 263 g/mol. The molecule has 1 saturated carbocycles. The molecule has 4 nitrogen and oxygen atoms in total. The van der Waals surface area contributed by atoms with Crippen molar-refractivity contribution in [3.8, 4) is 0 Å². The molecule has 6 heteroatoms. The third-order valence-electron chi connectivity index (χ3n) is 3.16. The first-order valence-electron chi connectivity index (χ1n) is 5.49. The van der Waals surface area contributed by atoms with Crippen LogP contribution >= 0.6 is 24.0 Å². The molecule has 0 amide bonds.